The van der Waals surface area contributed by atoms with E-state index in [9.17, 15) is 0 Å². The van der Waals surface area contributed by atoms with Gasteiger partial charge in [0.1, 0.15) is 23.3 Å². The Morgan fingerprint density at radius 2 is 2.29 bits per heavy atom. The molecule has 28 heavy (non-hydrogen) atoms. The summed E-state index contributed by atoms with van der Waals surface area (Å²) >= 11 is 0. The molecular weight excluding hydrogens is 356 g/mol. The highest BCUT2D eigenvalue weighted by Gasteiger charge is 2.21. The Hall–Kier alpha value is -2.95. The smallest absolute Gasteiger partial charge is 0.185 e. The van der Waals surface area contributed by atoms with Crippen molar-refractivity contribution < 1.29 is 14.0 Å². The summed E-state index contributed by atoms with van der Waals surface area (Å²) < 4.78 is 19.2. The molecule has 4 heterocycles. The molecule has 1 saturated heterocycles. The zero-order valence-corrected chi connectivity index (χ0v) is 15.7. The van der Waals surface area contributed by atoms with E-state index in [2.05, 4.69) is 21.0 Å². The van der Waals surface area contributed by atoms with Crippen LogP contribution in [-0.2, 0) is 16.0 Å². The van der Waals surface area contributed by atoms with Crippen LogP contribution in [0.5, 0.6) is 0 Å². The van der Waals surface area contributed by atoms with Gasteiger partial charge < -0.3 is 18.6 Å². The topological polar surface area (TPSA) is 75.2 Å². The van der Waals surface area contributed by atoms with E-state index in [0.717, 1.165) is 43.0 Å². The van der Waals surface area contributed by atoms with E-state index in [0.29, 0.717) is 18.0 Å². The maximum atomic E-state index is 6.03. The molecule has 3 aromatic heterocycles. The zero-order valence-electron chi connectivity index (χ0n) is 15.7. The minimum atomic E-state index is -0.178. The van der Waals surface area contributed by atoms with Crippen LogP contribution in [0.3, 0.4) is 0 Å². The second-order valence-corrected chi connectivity index (χ2v) is 6.75. The largest absolute Gasteiger partial charge is 0.354 e. The molecule has 0 amide bonds. The molecule has 0 saturated carbocycles. The maximum absolute atomic E-state index is 6.03. The predicted octanol–water partition coefficient (Wildman–Crippen LogP) is 3.57. The van der Waals surface area contributed by atoms with Gasteiger partial charge in [0.15, 0.2) is 12.1 Å². The Morgan fingerprint density at radius 1 is 1.36 bits per heavy atom. The summed E-state index contributed by atoms with van der Waals surface area (Å²) in [6.07, 6.45) is 13.5. The van der Waals surface area contributed by atoms with Crippen molar-refractivity contribution in [3.63, 3.8) is 0 Å². The molecule has 4 rings (SSSR count). The molecule has 1 aliphatic rings. The Labute approximate surface area is 163 Å². The number of aromatic nitrogens is 4. The van der Waals surface area contributed by atoms with Crippen molar-refractivity contribution in [1.29, 1.82) is 0 Å². The van der Waals surface area contributed by atoms with Crippen LogP contribution in [0.25, 0.3) is 11.5 Å². The van der Waals surface area contributed by atoms with Gasteiger partial charge in [0.2, 0.25) is 0 Å². The molecule has 1 fully saturated rings. The summed E-state index contributed by atoms with van der Waals surface area (Å²) in [5.41, 5.74) is 2.19. The first kappa shape index (κ1) is 18.4. The first-order valence-electron chi connectivity index (χ1n) is 9.39. The van der Waals surface area contributed by atoms with Crippen LogP contribution < -0.4 is 0 Å². The normalized spacial score (nSPS) is 17.9. The van der Waals surface area contributed by atoms with Crippen molar-refractivity contribution in [3.05, 3.63) is 53.9 Å². The molecule has 0 bridgehead atoms. The van der Waals surface area contributed by atoms with E-state index in [1.54, 1.807) is 12.4 Å². The number of rotatable bonds is 6. The third-order valence-corrected chi connectivity index (χ3v) is 4.68. The van der Waals surface area contributed by atoms with E-state index in [4.69, 9.17) is 20.4 Å². The quantitative estimate of drug-likeness (QED) is 0.611. The number of ether oxygens (including phenoxy) is 2. The van der Waals surface area contributed by atoms with E-state index in [1.807, 2.05) is 35.9 Å². The Balaban J connectivity index is 1.44. The number of nitrogens with zero attached hydrogens (tertiary/aromatic N) is 4. The van der Waals surface area contributed by atoms with Gasteiger partial charge in [-0.05, 0) is 38.3 Å². The Bertz CT molecular complexity index is 949. The van der Waals surface area contributed by atoms with Crippen molar-refractivity contribution in [2.75, 3.05) is 6.61 Å². The highest BCUT2D eigenvalue weighted by atomic mass is 16.7. The molecule has 0 aliphatic carbocycles. The third kappa shape index (κ3) is 4.14. The fourth-order valence-electron chi connectivity index (χ4n) is 3.23. The average Bonchev–Trinajstić information content (AvgIpc) is 3.39. The summed E-state index contributed by atoms with van der Waals surface area (Å²) in [6.45, 7) is 3.27. The number of pyridine rings is 1. The second-order valence-electron chi connectivity index (χ2n) is 6.75. The van der Waals surface area contributed by atoms with Crippen molar-refractivity contribution in [2.24, 2.45) is 0 Å². The lowest BCUT2D eigenvalue weighted by atomic mass is 10.2. The van der Waals surface area contributed by atoms with Crippen LogP contribution in [0, 0.1) is 12.3 Å². The van der Waals surface area contributed by atoms with Gasteiger partial charge >= 0.3 is 0 Å². The highest BCUT2D eigenvalue weighted by Crippen LogP contribution is 2.24. The molecular formula is C21H22N4O3. The molecule has 3 aromatic rings. The van der Waals surface area contributed by atoms with Crippen LogP contribution in [0.2, 0.25) is 0 Å². The number of imidazole rings is 1. The average molecular weight is 378 g/mol. The van der Waals surface area contributed by atoms with Gasteiger partial charge in [-0.3, -0.25) is 4.98 Å². The zero-order chi connectivity index (χ0) is 19.3. The number of hydrogen-bond donors (Lipinski definition) is 0. The van der Waals surface area contributed by atoms with Crippen LogP contribution >= 0.6 is 0 Å². The maximum Gasteiger partial charge on any atom is 0.185 e. The molecule has 7 heteroatoms. The summed E-state index contributed by atoms with van der Waals surface area (Å²) in [6, 6.07) is 5.52. The number of terminal acetylenes is 1. The van der Waals surface area contributed by atoms with Crippen LogP contribution in [0.4, 0.5) is 0 Å². The SMILES string of the molecule is C#Cc1ccc(-c2cc(Cn3ccnc3[C@H](C)OC3CCCCO3)no2)nc1. The minimum Gasteiger partial charge on any atom is -0.354 e. The van der Waals surface area contributed by atoms with Crippen LogP contribution in [-0.4, -0.2) is 32.6 Å². The highest BCUT2D eigenvalue weighted by molar-refractivity contribution is 5.53. The minimum absolute atomic E-state index is 0.162. The third-order valence-electron chi connectivity index (χ3n) is 4.68. The molecule has 0 N–H and O–H groups in total. The summed E-state index contributed by atoms with van der Waals surface area (Å²) in [4.78, 5) is 8.77. The van der Waals surface area contributed by atoms with Crippen LogP contribution in [0.1, 0.15) is 49.4 Å². The van der Waals surface area contributed by atoms with E-state index in [-0.39, 0.29) is 12.4 Å². The Morgan fingerprint density at radius 3 is 3.04 bits per heavy atom. The van der Waals surface area contributed by atoms with Gasteiger partial charge in [-0.15, -0.1) is 6.42 Å². The standard InChI is InChI=1S/C21H22N4O3/c1-3-16-7-8-18(23-13-16)19-12-17(24-28-19)14-25-10-9-22-21(25)15(2)27-20-6-4-5-11-26-20/h1,7-10,12-13,15,20H,4-6,11,14H2,2H3/t15-,20?/m0/s1. The Kier molecular flexibility index (Phi) is 5.51. The molecule has 0 aromatic carbocycles. The van der Waals surface area contributed by atoms with Gasteiger partial charge in [0.05, 0.1) is 6.54 Å². The predicted molar refractivity (Wildman–Crippen MR) is 102 cm³/mol. The van der Waals surface area contributed by atoms with Crippen molar-refractivity contribution in [1.82, 2.24) is 19.7 Å². The summed E-state index contributed by atoms with van der Waals surface area (Å²) in [7, 11) is 0. The lowest BCUT2D eigenvalue weighted by Crippen LogP contribution is -2.24. The molecule has 144 valence electrons. The van der Waals surface area contributed by atoms with Crippen LogP contribution in [0.15, 0.2) is 41.3 Å². The van der Waals surface area contributed by atoms with E-state index < -0.39 is 0 Å². The van der Waals surface area contributed by atoms with E-state index >= 15 is 0 Å². The molecule has 0 radical (unpaired) electrons. The van der Waals surface area contributed by atoms with Gasteiger partial charge in [0.25, 0.3) is 0 Å². The summed E-state index contributed by atoms with van der Waals surface area (Å²) in [5, 5.41) is 4.16. The summed E-state index contributed by atoms with van der Waals surface area (Å²) in [5.74, 6) is 3.97. The van der Waals surface area contributed by atoms with Gasteiger partial charge in [-0.2, -0.15) is 0 Å². The van der Waals surface area contributed by atoms with Gasteiger partial charge in [-0.25, -0.2) is 4.98 Å². The lowest BCUT2D eigenvalue weighted by Gasteiger charge is -2.26. The lowest BCUT2D eigenvalue weighted by molar-refractivity contribution is -0.188. The molecule has 2 atom stereocenters. The van der Waals surface area contributed by atoms with Crippen molar-refractivity contribution in [3.8, 4) is 23.8 Å². The van der Waals surface area contributed by atoms with Crippen molar-refractivity contribution >= 4 is 0 Å². The fourth-order valence-corrected chi connectivity index (χ4v) is 3.23. The second kappa shape index (κ2) is 8.38. The monoisotopic (exact) mass is 378 g/mol. The number of hydrogen-bond acceptors (Lipinski definition) is 6. The van der Waals surface area contributed by atoms with E-state index in [1.165, 1.54) is 0 Å². The fraction of sp³-hybridized carbons (Fsp3) is 0.381. The first-order chi connectivity index (χ1) is 13.7. The molecule has 1 aliphatic heterocycles. The molecule has 0 spiro atoms. The molecule has 1 unspecified atom stereocenters. The molecule has 7 nitrogen and oxygen atoms in total. The first-order valence-corrected chi connectivity index (χ1v) is 9.39. The van der Waals surface area contributed by atoms with Gasteiger partial charge in [0, 0.05) is 36.8 Å². The van der Waals surface area contributed by atoms with Gasteiger partial charge in [-0.1, -0.05) is 11.1 Å². The van der Waals surface area contributed by atoms with Crippen molar-refractivity contribution in [2.45, 2.75) is 45.1 Å².